The molecule has 0 spiro atoms. The third-order valence-corrected chi connectivity index (χ3v) is 12.4. The summed E-state index contributed by atoms with van der Waals surface area (Å²) in [4.78, 5) is 0. The van der Waals surface area contributed by atoms with Gasteiger partial charge in [0.25, 0.3) is 0 Å². The highest BCUT2D eigenvalue weighted by molar-refractivity contribution is 6.73. The van der Waals surface area contributed by atoms with Crippen LogP contribution in [0, 0.1) is 23.2 Å². The van der Waals surface area contributed by atoms with Crippen LogP contribution in [0.4, 0.5) is 0 Å². The Morgan fingerprint density at radius 2 is 1.12 bits per heavy atom. The van der Waals surface area contributed by atoms with Crippen LogP contribution in [0.25, 0.3) is 0 Å². The van der Waals surface area contributed by atoms with E-state index in [4.69, 9.17) is 4.43 Å². The SMILES string of the molecule is CCCC[Si](CCCC)(CCCC)OCC12CC3CC(CC(C3)C1)C2. The maximum absolute atomic E-state index is 7.16. The highest BCUT2D eigenvalue weighted by atomic mass is 28.4. The molecule has 0 heterocycles. The molecule has 2 heteroatoms. The largest absolute Gasteiger partial charge is 0.416 e. The molecule has 4 rings (SSSR count). The second-order valence-corrected chi connectivity index (χ2v) is 14.4. The lowest BCUT2D eigenvalue weighted by Gasteiger charge is -2.57. The second kappa shape index (κ2) is 8.91. The van der Waals surface area contributed by atoms with Crippen molar-refractivity contribution in [3.63, 3.8) is 0 Å². The minimum atomic E-state index is -1.51. The topological polar surface area (TPSA) is 9.23 Å². The van der Waals surface area contributed by atoms with Crippen LogP contribution in [0.1, 0.15) is 97.8 Å². The van der Waals surface area contributed by atoms with Gasteiger partial charge < -0.3 is 4.43 Å². The van der Waals surface area contributed by atoms with Gasteiger partial charge in [-0.2, -0.15) is 0 Å². The molecule has 0 aliphatic heterocycles. The molecule has 0 saturated heterocycles. The van der Waals surface area contributed by atoms with Gasteiger partial charge in [-0.15, -0.1) is 0 Å². The van der Waals surface area contributed by atoms with Crippen molar-refractivity contribution in [3.05, 3.63) is 0 Å². The van der Waals surface area contributed by atoms with Crippen molar-refractivity contribution in [2.24, 2.45) is 23.2 Å². The van der Waals surface area contributed by atoms with E-state index in [-0.39, 0.29) is 0 Å². The molecule has 0 unspecified atom stereocenters. The number of unbranched alkanes of at least 4 members (excludes halogenated alkanes) is 3. The summed E-state index contributed by atoms with van der Waals surface area (Å²) in [6, 6.07) is 4.32. The molecular formula is C23H44OSi. The van der Waals surface area contributed by atoms with Gasteiger partial charge in [0.05, 0.1) is 0 Å². The van der Waals surface area contributed by atoms with E-state index < -0.39 is 8.32 Å². The zero-order valence-electron chi connectivity index (χ0n) is 17.5. The zero-order valence-corrected chi connectivity index (χ0v) is 18.5. The van der Waals surface area contributed by atoms with E-state index in [1.165, 1.54) is 75.9 Å². The minimum absolute atomic E-state index is 0.609. The monoisotopic (exact) mass is 364 g/mol. The second-order valence-electron chi connectivity index (χ2n) is 10.2. The summed E-state index contributed by atoms with van der Waals surface area (Å²) in [5, 5.41) is 0. The molecule has 4 saturated carbocycles. The van der Waals surface area contributed by atoms with Crippen LogP contribution in [0.2, 0.25) is 18.1 Å². The summed E-state index contributed by atoms with van der Waals surface area (Å²) in [7, 11) is -1.51. The van der Waals surface area contributed by atoms with Gasteiger partial charge in [0.15, 0.2) is 8.32 Å². The van der Waals surface area contributed by atoms with Gasteiger partial charge in [-0.25, -0.2) is 0 Å². The Hall–Kier alpha value is 0.177. The molecule has 0 aromatic rings. The van der Waals surface area contributed by atoms with Crippen molar-refractivity contribution in [2.45, 2.75) is 116 Å². The van der Waals surface area contributed by atoms with Crippen molar-refractivity contribution in [3.8, 4) is 0 Å². The Kier molecular flexibility index (Phi) is 7.10. The molecule has 146 valence electrons. The standard InChI is InChI=1S/C23H44OSi/c1-4-7-10-25(11-8-5-2,12-9-6-3)24-19-23-16-20-13-21(17-23)15-22(14-20)18-23/h20-22H,4-19H2,1-3H3. The van der Waals surface area contributed by atoms with Crippen molar-refractivity contribution in [1.29, 1.82) is 0 Å². The number of hydrogen-bond acceptors (Lipinski definition) is 1. The Labute approximate surface area is 158 Å². The molecule has 4 fully saturated rings. The summed E-state index contributed by atoms with van der Waals surface area (Å²) in [5.74, 6) is 3.19. The molecular weight excluding hydrogens is 320 g/mol. The number of hydrogen-bond donors (Lipinski definition) is 0. The minimum Gasteiger partial charge on any atom is -0.416 e. The van der Waals surface area contributed by atoms with Gasteiger partial charge in [0, 0.05) is 6.61 Å². The van der Waals surface area contributed by atoms with Gasteiger partial charge >= 0.3 is 0 Å². The normalized spacial score (nSPS) is 34.0. The fraction of sp³-hybridized carbons (Fsp3) is 1.00. The Morgan fingerprint density at radius 1 is 0.720 bits per heavy atom. The van der Waals surface area contributed by atoms with E-state index in [9.17, 15) is 0 Å². The first kappa shape index (κ1) is 19.9. The van der Waals surface area contributed by atoms with Crippen LogP contribution in [-0.2, 0) is 4.43 Å². The average molecular weight is 365 g/mol. The molecule has 0 aromatic heterocycles. The molecule has 0 N–H and O–H groups in total. The first-order chi connectivity index (χ1) is 12.1. The molecule has 25 heavy (non-hydrogen) atoms. The van der Waals surface area contributed by atoms with Crippen molar-refractivity contribution in [2.75, 3.05) is 6.61 Å². The third-order valence-electron chi connectivity index (χ3n) is 7.81. The fourth-order valence-corrected chi connectivity index (χ4v) is 11.7. The summed E-state index contributed by atoms with van der Waals surface area (Å²) < 4.78 is 7.16. The Bertz CT molecular complexity index is 348. The van der Waals surface area contributed by atoms with Crippen molar-refractivity contribution < 1.29 is 4.43 Å². The van der Waals surface area contributed by atoms with Gasteiger partial charge in [0.1, 0.15) is 0 Å². The lowest BCUT2D eigenvalue weighted by molar-refractivity contribution is -0.0767. The van der Waals surface area contributed by atoms with E-state index in [2.05, 4.69) is 20.8 Å². The molecule has 1 nitrogen and oxygen atoms in total. The lowest BCUT2D eigenvalue weighted by atomic mass is 9.50. The molecule has 4 aliphatic carbocycles. The summed E-state index contributed by atoms with van der Waals surface area (Å²) >= 11 is 0. The molecule has 0 atom stereocenters. The highest BCUT2D eigenvalue weighted by Crippen LogP contribution is 2.60. The summed E-state index contributed by atoms with van der Waals surface area (Å²) in [6.07, 6.45) is 17.4. The van der Waals surface area contributed by atoms with E-state index >= 15 is 0 Å². The zero-order chi connectivity index (χ0) is 17.8. The first-order valence-corrected chi connectivity index (χ1v) is 14.3. The van der Waals surface area contributed by atoms with E-state index in [1.807, 2.05) is 0 Å². The number of rotatable bonds is 12. The van der Waals surface area contributed by atoms with Crippen molar-refractivity contribution in [1.82, 2.24) is 0 Å². The van der Waals surface area contributed by atoms with Crippen LogP contribution in [0.15, 0.2) is 0 Å². The van der Waals surface area contributed by atoms with Crippen LogP contribution in [0.3, 0.4) is 0 Å². The Balaban J connectivity index is 1.65. The molecule has 4 aliphatic rings. The predicted octanol–water partition coefficient (Wildman–Crippen LogP) is 7.57. The van der Waals surface area contributed by atoms with Crippen molar-refractivity contribution >= 4 is 8.32 Å². The smallest absolute Gasteiger partial charge is 0.192 e. The molecule has 4 bridgehead atoms. The summed E-state index contributed by atoms with van der Waals surface area (Å²) in [6.45, 7) is 8.23. The Morgan fingerprint density at radius 3 is 1.48 bits per heavy atom. The van der Waals surface area contributed by atoms with E-state index in [0.717, 1.165) is 24.4 Å². The predicted molar refractivity (Wildman–Crippen MR) is 111 cm³/mol. The van der Waals surface area contributed by atoms with Gasteiger partial charge in [-0.1, -0.05) is 59.3 Å². The maximum atomic E-state index is 7.16. The fourth-order valence-electron chi connectivity index (χ4n) is 6.86. The van der Waals surface area contributed by atoms with Crippen LogP contribution in [0.5, 0.6) is 0 Å². The van der Waals surface area contributed by atoms with Gasteiger partial charge in [-0.3, -0.25) is 0 Å². The van der Waals surface area contributed by atoms with E-state index in [0.29, 0.717) is 5.41 Å². The molecule has 0 aromatic carbocycles. The van der Waals surface area contributed by atoms with Crippen LogP contribution < -0.4 is 0 Å². The van der Waals surface area contributed by atoms with Gasteiger partial charge in [-0.05, 0) is 79.8 Å². The average Bonchev–Trinajstić information content (AvgIpc) is 2.59. The molecule has 0 radical (unpaired) electrons. The quantitative estimate of drug-likeness (QED) is 0.324. The van der Waals surface area contributed by atoms with Crippen LogP contribution in [-0.4, -0.2) is 14.9 Å². The molecule has 0 amide bonds. The summed E-state index contributed by atoms with van der Waals surface area (Å²) in [5.41, 5.74) is 0.609. The first-order valence-electron chi connectivity index (χ1n) is 11.8. The van der Waals surface area contributed by atoms with Crippen LogP contribution >= 0.6 is 0 Å². The maximum Gasteiger partial charge on any atom is 0.192 e. The highest BCUT2D eigenvalue weighted by Gasteiger charge is 2.51. The third kappa shape index (κ3) is 4.92. The van der Waals surface area contributed by atoms with Gasteiger partial charge in [0.2, 0.25) is 0 Å². The lowest BCUT2D eigenvalue weighted by Crippen LogP contribution is -2.50. The van der Waals surface area contributed by atoms with E-state index in [1.54, 1.807) is 19.3 Å².